The fourth-order valence-electron chi connectivity index (χ4n) is 2.86. The lowest BCUT2D eigenvalue weighted by atomic mass is 10.2. The quantitative estimate of drug-likeness (QED) is 0.476. The Labute approximate surface area is 177 Å². The molecule has 2 heterocycles. The fourth-order valence-corrected chi connectivity index (χ4v) is 2.86. The summed E-state index contributed by atoms with van der Waals surface area (Å²) in [7, 11) is 1.53. The average Bonchev–Trinajstić information content (AvgIpc) is 3.39. The first kappa shape index (κ1) is 21.6. The van der Waals surface area contributed by atoms with E-state index in [-0.39, 0.29) is 29.9 Å². The third-order valence-corrected chi connectivity index (χ3v) is 4.38. The molecule has 0 unspecified atom stereocenters. The number of hydrogen-bond donors (Lipinski definition) is 3. The molecule has 11 heteroatoms. The first-order chi connectivity index (χ1) is 14.9. The van der Waals surface area contributed by atoms with Gasteiger partial charge in [0.2, 0.25) is 0 Å². The predicted octanol–water partition coefficient (Wildman–Crippen LogP) is 2.09. The number of carboxylic acids is 1. The Hall–Kier alpha value is -4.15. The molecule has 0 spiro atoms. The number of aromatic nitrogens is 4. The second kappa shape index (κ2) is 9.57. The molecule has 3 aromatic rings. The maximum Gasteiger partial charge on any atom is 0.305 e. The van der Waals surface area contributed by atoms with Gasteiger partial charge in [-0.15, -0.1) is 0 Å². The summed E-state index contributed by atoms with van der Waals surface area (Å²) < 4.78 is 8.01. The summed E-state index contributed by atoms with van der Waals surface area (Å²) in [4.78, 5) is 36.2. The van der Waals surface area contributed by atoms with Crippen LogP contribution in [-0.4, -0.2) is 49.6 Å². The molecule has 0 aliphatic rings. The molecule has 31 heavy (non-hydrogen) atoms. The maximum absolute atomic E-state index is 12.9. The van der Waals surface area contributed by atoms with Crippen LogP contribution in [-0.2, 0) is 17.9 Å². The van der Waals surface area contributed by atoms with Gasteiger partial charge in [0.1, 0.15) is 11.4 Å². The van der Waals surface area contributed by atoms with Gasteiger partial charge in [0.05, 0.1) is 43.7 Å². The normalized spacial score (nSPS) is 10.5. The second-order valence-electron chi connectivity index (χ2n) is 6.50. The minimum absolute atomic E-state index is 0.111. The average molecular weight is 426 g/mol. The summed E-state index contributed by atoms with van der Waals surface area (Å²) in [6.45, 7) is 2.39. The summed E-state index contributed by atoms with van der Waals surface area (Å²) in [6.07, 6.45) is 4.06. The number of nitrogens with one attached hydrogen (secondary N) is 2. The molecule has 3 rings (SSSR count). The van der Waals surface area contributed by atoms with Crippen molar-refractivity contribution in [2.45, 2.75) is 26.4 Å². The van der Waals surface area contributed by atoms with Crippen LogP contribution >= 0.6 is 0 Å². The Bertz CT molecular complexity index is 1100. The molecule has 2 amide bonds. The van der Waals surface area contributed by atoms with E-state index in [2.05, 4.69) is 20.8 Å². The number of anilines is 2. The first-order valence-electron chi connectivity index (χ1n) is 9.48. The van der Waals surface area contributed by atoms with Gasteiger partial charge < -0.3 is 20.5 Å². The Morgan fingerprint density at radius 1 is 1.13 bits per heavy atom. The lowest BCUT2D eigenvalue weighted by molar-refractivity contribution is -0.137. The summed E-state index contributed by atoms with van der Waals surface area (Å²) in [5.41, 5.74) is 1.20. The number of rotatable bonds is 9. The molecule has 162 valence electrons. The van der Waals surface area contributed by atoms with Crippen molar-refractivity contribution < 1.29 is 24.2 Å². The van der Waals surface area contributed by atoms with E-state index in [9.17, 15) is 14.4 Å². The Balaban J connectivity index is 1.76. The highest BCUT2D eigenvalue weighted by atomic mass is 16.5. The number of nitrogens with zero attached hydrogens (tertiary/aromatic N) is 4. The van der Waals surface area contributed by atoms with Gasteiger partial charge in [-0.3, -0.25) is 23.7 Å². The Kier molecular flexibility index (Phi) is 6.65. The van der Waals surface area contributed by atoms with Crippen molar-refractivity contribution in [3.8, 4) is 5.75 Å². The largest absolute Gasteiger partial charge is 0.497 e. The zero-order valence-corrected chi connectivity index (χ0v) is 17.0. The molecule has 0 radical (unpaired) electrons. The third kappa shape index (κ3) is 5.26. The number of hydrogen-bond acceptors (Lipinski definition) is 6. The van der Waals surface area contributed by atoms with Gasteiger partial charge in [-0.2, -0.15) is 10.2 Å². The van der Waals surface area contributed by atoms with Crippen LogP contribution < -0.4 is 15.4 Å². The van der Waals surface area contributed by atoms with Crippen molar-refractivity contribution >= 4 is 29.2 Å². The minimum Gasteiger partial charge on any atom is -0.497 e. The summed E-state index contributed by atoms with van der Waals surface area (Å²) in [5.74, 6) is -1.30. The van der Waals surface area contributed by atoms with Crippen LogP contribution in [0.3, 0.4) is 0 Å². The van der Waals surface area contributed by atoms with Crippen molar-refractivity contribution in [1.82, 2.24) is 19.6 Å². The molecule has 0 atom stereocenters. The van der Waals surface area contributed by atoms with Crippen LogP contribution in [0.15, 0.2) is 42.9 Å². The van der Waals surface area contributed by atoms with E-state index in [1.54, 1.807) is 24.3 Å². The van der Waals surface area contributed by atoms with E-state index in [1.807, 2.05) is 6.92 Å². The number of ether oxygens (including phenoxy) is 1. The number of aliphatic carboxylic acids is 1. The van der Waals surface area contributed by atoms with E-state index >= 15 is 0 Å². The highest BCUT2D eigenvalue weighted by molar-refractivity contribution is 6.11. The molecule has 0 saturated carbocycles. The molecule has 0 aliphatic carbocycles. The summed E-state index contributed by atoms with van der Waals surface area (Å²) in [5, 5.41) is 22.3. The number of aryl methyl sites for hydroxylation is 2. The van der Waals surface area contributed by atoms with Crippen molar-refractivity contribution in [3.63, 3.8) is 0 Å². The standard InChI is InChI=1S/C20H22N6O5/c1-3-26-18(20(30)23-14-5-4-6-15(9-14)31-2)16(11-22-26)24-19(29)13-10-21-25(12-13)8-7-17(27)28/h4-6,9-12H,3,7-8H2,1-2H3,(H,23,30)(H,24,29)(H,27,28). The lowest BCUT2D eigenvalue weighted by Crippen LogP contribution is -2.21. The van der Waals surface area contributed by atoms with Gasteiger partial charge in [0, 0.05) is 24.5 Å². The molecule has 0 saturated heterocycles. The number of carbonyl (C=O) groups excluding carboxylic acids is 2. The number of methoxy groups -OCH3 is 1. The smallest absolute Gasteiger partial charge is 0.305 e. The van der Waals surface area contributed by atoms with Gasteiger partial charge in [0.15, 0.2) is 0 Å². The Morgan fingerprint density at radius 2 is 1.94 bits per heavy atom. The Morgan fingerprint density at radius 3 is 2.65 bits per heavy atom. The van der Waals surface area contributed by atoms with Gasteiger partial charge in [0.25, 0.3) is 11.8 Å². The maximum atomic E-state index is 12.9. The highest BCUT2D eigenvalue weighted by Gasteiger charge is 2.21. The molecular weight excluding hydrogens is 404 g/mol. The molecule has 11 nitrogen and oxygen atoms in total. The molecule has 1 aromatic carbocycles. The van der Waals surface area contributed by atoms with E-state index in [4.69, 9.17) is 9.84 Å². The number of benzene rings is 1. The van der Waals surface area contributed by atoms with Crippen LogP contribution in [0.25, 0.3) is 0 Å². The van der Waals surface area contributed by atoms with Crippen molar-refractivity contribution in [3.05, 3.63) is 54.1 Å². The van der Waals surface area contributed by atoms with Crippen LogP contribution in [0.1, 0.15) is 34.2 Å². The van der Waals surface area contributed by atoms with Crippen molar-refractivity contribution in [1.29, 1.82) is 0 Å². The number of carbonyl (C=O) groups is 3. The van der Waals surface area contributed by atoms with Gasteiger partial charge in [-0.05, 0) is 19.1 Å². The number of amides is 2. The van der Waals surface area contributed by atoms with E-state index in [0.717, 1.165) is 0 Å². The SMILES string of the molecule is CCn1ncc(NC(=O)c2cnn(CCC(=O)O)c2)c1C(=O)Nc1cccc(OC)c1. The topological polar surface area (TPSA) is 140 Å². The predicted molar refractivity (Wildman–Crippen MR) is 111 cm³/mol. The third-order valence-electron chi connectivity index (χ3n) is 4.38. The molecule has 3 N–H and O–H groups in total. The van der Waals surface area contributed by atoms with Crippen molar-refractivity contribution in [2.75, 3.05) is 17.7 Å². The van der Waals surface area contributed by atoms with Crippen LogP contribution in [0.2, 0.25) is 0 Å². The van der Waals surface area contributed by atoms with Crippen LogP contribution in [0.5, 0.6) is 5.75 Å². The second-order valence-corrected chi connectivity index (χ2v) is 6.50. The molecule has 2 aromatic heterocycles. The van der Waals surface area contributed by atoms with E-state index in [1.165, 1.54) is 35.1 Å². The fraction of sp³-hybridized carbons (Fsp3) is 0.250. The molecule has 0 bridgehead atoms. The highest BCUT2D eigenvalue weighted by Crippen LogP contribution is 2.21. The van der Waals surface area contributed by atoms with Gasteiger partial charge >= 0.3 is 5.97 Å². The summed E-state index contributed by atoms with van der Waals surface area (Å²) in [6, 6.07) is 6.90. The lowest BCUT2D eigenvalue weighted by Gasteiger charge is -2.10. The van der Waals surface area contributed by atoms with Gasteiger partial charge in [-0.1, -0.05) is 6.07 Å². The molecule has 0 fully saturated rings. The van der Waals surface area contributed by atoms with E-state index < -0.39 is 17.8 Å². The summed E-state index contributed by atoms with van der Waals surface area (Å²) >= 11 is 0. The number of carboxylic acid groups (broad SMARTS) is 1. The zero-order valence-electron chi connectivity index (χ0n) is 17.0. The van der Waals surface area contributed by atoms with Crippen LogP contribution in [0, 0.1) is 0 Å². The van der Waals surface area contributed by atoms with Crippen LogP contribution in [0.4, 0.5) is 11.4 Å². The first-order valence-corrected chi connectivity index (χ1v) is 9.48. The van der Waals surface area contributed by atoms with E-state index in [0.29, 0.717) is 18.0 Å². The monoisotopic (exact) mass is 426 g/mol. The zero-order chi connectivity index (χ0) is 22.4. The van der Waals surface area contributed by atoms with Gasteiger partial charge in [-0.25, -0.2) is 0 Å². The molecule has 0 aliphatic heterocycles. The van der Waals surface area contributed by atoms with Crippen molar-refractivity contribution in [2.24, 2.45) is 0 Å². The molecular formula is C20H22N6O5. The minimum atomic E-state index is -0.958.